The van der Waals surface area contributed by atoms with Gasteiger partial charge in [0, 0.05) is 26.1 Å². The molecule has 1 saturated heterocycles. The standard InChI is InChI=1S/C10H20N2O2/c1-8(6-11-2)10(13)12(3)9-4-5-14-7-9/h8-9,11H,4-7H2,1-3H3. The van der Waals surface area contributed by atoms with Crippen molar-refractivity contribution in [3.8, 4) is 0 Å². The van der Waals surface area contributed by atoms with E-state index < -0.39 is 0 Å². The molecule has 14 heavy (non-hydrogen) atoms. The third-order valence-electron chi connectivity index (χ3n) is 2.73. The van der Waals surface area contributed by atoms with Gasteiger partial charge in [0.1, 0.15) is 0 Å². The van der Waals surface area contributed by atoms with E-state index in [0.717, 1.165) is 19.6 Å². The van der Waals surface area contributed by atoms with Crippen molar-refractivity contribution in [3.63, 3.8) is 0 Å². The molecular weight excluding hydrogens is 180 g/mol. The van der Waals surface area contributed by atoms with Gasteiger partial charge in [-0.25, -0.2) is 0 Å². The zero-order valence-corrected chi connectivity index (χ0v) is 9.25. The van der Waals surface area contributed by atoms with Crippen LogP contribution < -0.4 is 5.32 Å². The first kappa shape index (κ1) is 11.5. The number of ether oxygens (including phenoxy) is 1. The van der Waals surface area contributed by atoms with Crippen LogP contribution in [0.1, 0.15) is 13.3 Å². The van der Waals surface area contributed by atoms with Crippen LogP contribution in [0, 0.1) is 5.92 Å². The molecule has 1 amide bonds. The molecule has 1 heterocycles. The number of carbonyl (C=O) groups is 1. The highest BCUT2D eigenvalue weighted by Crippen LogP contribution is 2.13. The molecule has 0 saturated carbocycles. The van der Waals surface area contributed by atoms with Crippen molar-refractivity contribution in [3.05, 3.63) is 0 Å². The van der Waals surface area contributed by atoms with E-state index in [1.807, 2.05) is 25.9 Å². The predicted molar refractivity (Wildman–Crippen MR) is 55.1 cm³/mol. The van der Waals surface area contributed by atoms with Gasteiger partial charge in [-0.15, -0.1) is 0 Å². The van der Waals surface area contributed by atoms with Crippen LogP contribution >= 0.6 is 0 Å². The second-order valence-corrected chi connectivity index (χ2v) is 3.93. The molecule has 0 spiro atoms. The van der Waals surface area contributed by atoms with E-state index >= 15 is 0 Å². The minimum Gasteiger partial charge on any atom is -0.379 e. The Bertz CT molecular complexity index is 191. The maximum absolute atomic E-state index is 11.9. The molecule has 1 rings (SSSR count). The first-order valence-electron chi connectivity index (χ1n) is 5.15. The molecule has 4 heteroatoms. The fourth-order valence-corrected chi connectivity index (χ4v) is 1.75. The quantitative estimate of drug-likeness (QED) is 0.699. The van der Waals surface area contributed by atoms with Gasteiger partial charge < -0.3 is 15.0 Å². The Kier molecular flexibility index (Phi) is 4.35. The Morgan fingerprint density at radius 2 is 2.43 bits per heavy atom. The zero-order valence-electron chi connectivity index (χ0n) is 9.25. The molecule has 0 aromatic carbocycles. The summed E-state index contributed by atoms with van der Waals surface area (Å²) in [5, 5.41) is 3.02. The molecule has 82 valence electrons. The van der Waals surface area contributed by atoms with Crippen molar-refractivity contribution in [1.29, 1.82) is 0 Å². The molecule has 0 aliphatic carbocycles. The minimum atomic E-state index is 0.0469. The lowest BCUT2D eigenvalue weighted by molar-refractivity contribution is -0.135. The Balaban J connectivity index is 2.42. The Morgan fingerprint density at radius 3 is 2.93 bits per heavy atom. The maximum Gasteiger partial charge on any atom is 0.226 e. The monoisotopic (exact) mass is 200 g/mol. The predicted octanol–water partition coefficient (Wildman–Crippen LogP) is 0.0892. The zero-order chi connectivity index (χ0) is 10.6. The number of hydrogen-bond acceptors (Lipinski definition) is 3. The number of nitrogens with zero attached hydrogens (tertiary/aromatic N) is 1. The number of rotatable bonds is 4. The van der Waals surface area contributed by atoms with Crippen LogP contribution in [0.15, 0.2) is 0 Å². The highest BCUT2D eigenvalue weighted by atomic mass is 16.5. The largest absolute Gasteiger partial charge is 0.379 e. The lowest BCUT2D eigenvalue weighted by Gasteiger charge is -2.26. The smallest absolute Gasteiger partial charge is 0.226 e. The summed E-state index contributed by atoms with van der Waals surface area (Å²) in [6.45, 7) is 4.15. The maximum atomic E-state index is 11.9. The summed E-state index contributed by atoms with van der Waals surface area (Å²) >= 11 is 0. The molecule has 1 fully saturated rings. The van der Waals surface area contributed by atoms with Gasteiger partial charge in [-0.2, -0.15) is 0 Å². The van der Waals surface area contributed by atoms with Crippen molar-refractivity contribution >= 4 is 5.91 Å². The van der Waals surface area contributed by atoms with Gasteiger partial charge in [0.2, 0.25) is 5.91 Å². The summed E-state index contributed by atoms with van der Waals surface area (Å²) in [4.78, 5) is 13.7. The molecule has 0 aromatic heterocycles. The molecular formula is C10H20N2O2. The molecule has 2 unspecified atom stereocenters. The Morgan fingerprint density at radius 1 is 1.71 bits per heavy atom. The summed E-state index contributed by atoms with van der Waals surface area (Å²) in [7, 11) is 3.73. The van der Waals surface area contributed by atoms with E-state index in [9.17, 15) is 4.79 Å². The summed E-state index contributed by atoms with van der Waals surface area (Å²) in [6, 6.07) is 0.279. The number of amides is 1. The van der Waals surface area contributed by atoms with E-state index in [0.29, 0.717) is 6.61 Å². The van der Waals surface area contributed by atoms with Gasteiger partial charge >= 0.3 is 0 Å². The van der Waals surface area contributed by atoms with Crippen LogP contribution in [0.25, 0.3) is 0 Å². The average Bonchev–Trinajstić information content (AvgIpc) is 2.68. The first-order chi connectivity index (χ1) is 6.66. The second-order valence-electron chi connectivity index (χ2n) is 3.93. The van der Waals surface area contributed by atoms with Gasteiger partial charge in [-0.05, 0) is 13.5 Å². The van der Waals surface area contributed by atoms with Crippen LogP contribution in [0.2, 0.25) is 0 Å². The summed E-state index contributed by atoms with van der Waals surface area (Å²) in [6.07, 6.45) is 0.967. The van der Waals surface area contributed by atoms with Crippen molar-refractivity contribution in [1.82, 2.24) is 10.2 Å². The van der Waals surface area contributed by atoms with Crippen LogP contribution in [-0.4, -0.2) is 50.7 Å². The lowest BCUT2D eigenvalue weighted by atomic mass is 10.1. The number of likely N-dealkylation sites (N-methyl/N-ethyl adjacent to an activating group) is 1. The second kappa shape index (κ2) is 5.32. The summed E-state index contributed by atoms with van der Waals surface area (Å²) < 4.78 is 5.26. The average molecular weight is 200 g/mol. The van der Waals surface area contributed by atoms with Crippen LogP contribution in [-0.2, 0) is 9.53 Å². The van der Waals surface area contributed by atoms with Crippen molar-refractivity contribution < 1.29 is 9.53 Å². The topological polar surface area (TPSA) is 41.6 Å². The molecule has 4 nitrogen and oxygen atoms in total. The number of carbonyl (C=O) groups excluding carboxylic acids is 1. The van der Waals surface area contributed by atoms with Gasteiger partial charge in [0.15, 0.2) is 0 Å². The van der Waals surface area contributed by atoms with Gasteiger partial charge in [0.05, 0.1) is 12.6 Å². The van der Waals surface area contributed by atoms with Crippen molar-refractivity contribution in [2.75, 3.05) is 33.9 Å². The van der Waals surface area contributed by atoms with Gasteiger partial charge in [0.25, 0.3) is 0 Å². The SMILES string of the molecule is CNCC(C)C(=O)N(C)C1CCOC1. The molecule has 0 bridgehead atoms. The van der Waals surface area contributed by atoms with E-state index in [-0.39, 0.29) is 17.9 Å². The van der Waals surface area contributed by atoms with Crippen LogP contribution in [0.4, 0.5) is 0 Å². The minimum absolute atomic E-state index is 0.0469. The molecule has 1 aliphatic heterocycles. The molecule has 1 N–H and O–H groups in total. The molecule has 0 aromatic rings. The summed E-state index contributed by atoms with van der Waals surface area (Å²) in [5.74, 6) is 0.250. The van der Waals surface area contributed by atoms with E-state index in [4.69, 9.17) is 4.74 Å². The van der Waals surface area contributed by atoms with E-state index in [1.54, 1.807) is 0 Å². The summed E-state index contributed by atoms with van der Waals surface area (Å²) in [5.41, 5.74) is 0. The highest BCUT2D eigenvalue weighted by molar-refractivity contribution is 5.78. The fraction of sp³-hybridized carbons (Fsp3) is 0.900. The molecule has 1 aliphatic rings. The number of hydrogen-bond donors (Lipinski definition) is 1. The van der Waals surface area contributed by atoms with Crippen LogP contribution in [0.3, 0.4) is 0 Å². The first-order valence-corrected chi connectivity index (χ1v) is 5.15. The van der Waals surface area contributed by atoms with Gasteiger partial charge in [-0.1, -0.05) is 6.92 Å². The highest BCUT2D eigenvalue weighted by Gasteiger charge is 2.26. The number of nitrogens with one attached hydrogen (secondary N) is 1. The van der Waals surface area contributed by atoms with E-state index in [2.05, 4.69) is 5.32 Å². The third-order valence-corrected chi connectivity index (χ3v) is 2.73. The fourth-order valence-electron chi connectivity index (χ4n) is 1.75. The Hall–Kier alpha value is -0.610. The van der Waals surface area contributed by atoms with Crippen LogP contribution in [0.5, 0.6) is 0 Å². The Labute approximate surface area is 85.6 Å². The normalized spacial score (nSPS) is 23.5. The van der Waals surface area contributed by atoms with Crippen molar-refractivity contribution in [2.45, 2.75) is 19.4 Å². The van der Waals surface area contributed by atoms with Gasteiger partial charge in [-0.3, -0.25) is 4.79 Å². The molecule has 0 radical (unpaired) electrons. The van der Waals surface area contributed by atoms with E-state index in [1.165, 1.54) is 0 Å². The van der Waals surface area contributed by atoms with Crippen molar-refractivity contribution in [2.24, 2.45) is 5.92 Å². The molecule has 2 atom stereocenters. The lowest BCUT2D eigenvalue weighted by Crippen LogP contribution is -2.42. The third kappa shape index (κ3) is 2.69.